The molecule has 0 spiro atoms. The average molecular weight is 360 g/mol. The molecule has 0 fully saturated rings. The second-order valence-corrected chi connectivity index (χ2v) is 6.98. The van der Waals surface area contributed by atoms with Gasteiger partial charge in [-0.1, -0.05) is 0 Å². The molecule has 86 valence electrons. The van der Waals surface area contributed by atoms with Gasteiger partial charge in [-0.05, 0) is 0 Å². The first-order chi connectivity index (χ1) is 8.95. The Kier molecular flexibility index (Phi) is 5.68. The predicted octanol–water partition coefficient (Wildman–Crippen LogP) is 0.968. The van der Waals surface area contributed by atoms with Crippen LogP contribution in [0.25, 0.3) is 0 Å². The van der Waals surface area contributed by atoms with Crippen molar-refractivity contribution in [3.63, 3.8) is 0 Å². The molecule has 0 nitrogen and oxygen atoms in total. The summed E-state index contributed by atoms with van der Waals surface area (Å²) in [7, 11) is 0. The molecule has 0 saturated carbocycles. The molecule has 0 aromatic heterocycles. The van der Waals surface area contributed by atoms with Gasteiger partial charge in [-0.15, -0.1) is 0 Å². The van der Waals surface area contributed by atoms with Crippen LogP contribution in [0.1, 0.15) is 0 Å². The summed E-state index contributed by atoms with van der Waals surface area (Å²) < 4.78 is 2.60. The average Bonchev–Trinajstić information content (AvgIpc) is 2.45. The maximum atomic E-state index is 3.14. The molecule has 0 radical (unpaired) electrons. The molecule has 0 unspecified atom stereocenters. The fourth-order valence-electron chi connectivity index (χ4n) is 1.20. The van der Waals surface area contributed by atoms with Gasteiger partial charge in [-0.25, -0.2) is 0 Å². The van der Waals surface area contributed by atoms with Crippen molar-refractivity contribution in [2.45, 2.75) is 0 Å². The Morgan fingerprint density at radius 3 is 1.33 bits per heavy atom. The van der Waals surface area contributed by atoms with E-state index in [0.717, 1.165) is 0 Å². The van der Waals surface area contributed by atoms with Gasteiger partial charge in [0.2, 0.25) is 0 Å². The van der Waals surface area contributed by atoms with Gasteiger partial charge in [0.1, 0.15) is 0 Å². The summed E-state index contributed by atoms with van der Waals surface area (Å²) >= 11 is 0.436. The Hall–Kier alpha value is -1.40. The van der Waals surface area contributed by atoms with Gasteiger partial charge in [-0.2, -0.15) is 0 Å². The van der Waals surface area contributed by atoms with E-state index in [-0.39, 0.29) is 29.9 Å². The van der Waals surface area contributed by atoms with E-state index in [4.69, 9.17) is 0 Å². The Morgan fingerprint density at radius 2 is 0.944 bits per heavy atom. The quantitative estimate of drug-likeness (QED) is 0.553. The fraction of sp³-hybridized carbons (Fsp3) is 0. The molecular formula is C16H10Se2. The molecule has 0 amide bonds. The third-order valence-corrected chi connectivity index (χ3v) is 4.98. The fourth-order valence-corrected chi connectivity index (χ4v) is 3.35. The van der Waals surface area contributed by atoms with E-state index in [1.54, 1.807) is 0 Å². The van der Waals surface area contributed by atoms with Crippen molar-refractivity contribution in [3.8, 4) is 21.5 Å². The molecule has 0 N–H and O–H groups in total. The van der Waals surface area contributed by atoms with E-state index in [1.807, 2.05) is 36.4 Å². The zero-order valence-electron chi connectivity index (χ0n) is 9.59. The van der Waals surface area contributed by atoms with Crippen molar-refractivity contribution in [3.05, 3.63) is 60.7 Å². The number of hydrogen-bond acceptors (Lipinski definition) is 0. The molecule has 0 aliphatic rings. The first-order valence-electron chi connectivity index (χ1n) is 5.39. The molecule has 2 aromatic carbocycles. The second kappa shape index (κ2) is 7.84. The van der Waals surface area contributed by atoms with Gasteiger partial charge in [0.05, 0.1) is 0 Å². The Bertz CT molecular complexity index is 538. The first kappa shape index (κ1) is 13.0. The zero-order valence-corrected chi connectivity index (χ0v) is 13.0. The van der Waals surface area contributed by atoms with Crippen molar-refractivity contribution < 1.29 is 0 Å². The maximum absolute atomic E-state index is 3.14. The van der Waals surface area contributed by atoms with E-state index in [2.05, 4.69) is 45.7 Å². The van der Waals surface area contributed by atoms with Crippen LogP contribution >= 0.6 is 0 Å². The summed E-state index contributed by atoms with van der Waals surface area (Å²) in [5, 5.41) is 0. The molecule has 0 bridgehead atoms. The van der Waals surface area contributed by atoms with Crippen molar-refractivity contribution in [1.82, 2.24) is 0 Å². The molecule has 0 aliphatic carbocycles. The standard InChI is InChI=1S/C16H10Se2/c1-3-9-15(10-4-1)17-13-7-8-14-18-16-11-5-2-6-12-16/h1-6,9-12H. The van der Waals surface area contributed by atoms with Crippen LogP contribution < -0.4 is 8.92 Å². The molecule has 2 heteroatoms. The summed E-state index contributed by atoms with van der Waals surface area (Å²) in [6.45, 7) is 0. The molecule has 2 aromatic rings. The van der Waals surface area contributed by atoms with Gasteiger partial charge < -0.3 is 0 Å². The second-order valence-electron chi connectivity index (χ2n) is 3.28. The number of benzene rings is 2. The molecule has 0 heterocycles. The molecule has 2 rings (SSSR count). The van der Waals surface area contributed by atoms with Crippen molar-refractivity contribution in [2.24, 2.45) is 0 Å². The Labute approximate surface area is 121 Å². The van der Waals surface area contributed by atoms with Gasteiger partial charge in [0.25, 0.3) is 0 Å². The van der Waals surface area contributed by atoms with Crippen molar-refractivity contribution in [2.75, 3.05) is 0 Å². The summed E-state index contributed by atoms with van der Waals surface area (Å²) in [4.78, 5) is 6.27. The summed E-state index contributed by atoms with van der Waals surface area (Å²) in [6.07, 6.45) is 0. The van der Waals surface area contributed by atoms with Crippen LogP contribution in [-0.4, -0.2) is 29.9 Å². The predicted molar refractivity (Wildman–Crippen MR) is 79.2 cm³/mol. The van der Waals surface area contributed by atoms with E-state index >= 15 is 0 Å². The summed E-state index contributed by atoms with van der Waals surface area (Å²) in [5.41, 5.74) is 0. The van der Waals surface area contributed by atoms with Crippen molar-refractivity contribution in [1.29, 1.82) is 0 Å². The Morgan fingerprint density at radius 1 is 0.556 bits per heavy atom. The van der Waals surface area contributed by atoms with Crippen LogP contribution in [0.5, 0.6) is 0 Å². The topological polar surface area (TPSA) is 0 Å². The van der Waals surface area contributed by atoms with Crippen LogP contribution in [0.15, 0.2) is 60.7 Å². The summed E-state index contributed by atoms with van der Waals surface area (Å²) in [6, 6.07) is 20.7. The van der Waals surface area contributed by atoms with Gasteiger partial charge in [0, 0.05) is 0 Å². The normalized spacial score (nSPS) is 8.67. The van der Waals surface area contributed by atoms with E-state index in [0.29, 0.717) is 0 Å². The first-order valence-corrected chi connectivity index (χ1v) is 8.81. The van der Waals surface area contributed by atoms with Crippen LogP contribution in [0, 0.1) is 21.5 Å². The van der Waals surface area contributed by atoms with E-state index in [1.165, 1.54) is 8.92 Å². The molecular weight excluding hydrogens is 350 g/mol. The SMILES string of the molecule is C(C#C[Se]c1ccccc1)#C[Se]c1ccccc1. The van der Waals surface area contributed by atoms with Gasteiger partial charge >= 0.3 is 121 Å². The van der Waals surface area contributed by atoms with Gasteiger partial charge in [-0.3, -0.25) is 0 Å². The third-order valence-electron chi connectivity index (χ3n) is 1.99. The van der Waals surface area contributed by atoms with Crippen LogP contribution in [0.3, 0.4) is 0 Å². The van der Waals surface area contributed by atoms with Gasteiger partial charge in [0.15, 0.2) is 0 Å². The zero-order chi connectivity index (χ0) is 12.5. The summed E-state index contributed by atoms with van der Waals surface area (Å²) in [5.74, 6) is 5.87. The number of hydrogen-bond donors (Lipinski definition) is 0. The molecule has 0 atom stereocenters. The minimum atomic E-state index is 0.218. The molecule has 0 saturated heterocycles. The van der Waals surface area contributed by atoms with E-state index in [9.17, 15) is 0 Å². The Balaban J connectivity index is 1.83. The minimum absolute atomic E-state index is 0.218. The van der Waals surface area contributed by atoms with E-state index < -0.39 is 0 Å². The van der Waals surface area contributed by atoms with Crippen molar-refractivity contribution >= 4 is 38.8 Å². The molecule has 0 aliphatic heterocycles. The number of rotatable bonds is 2. The van der Waals surface area contributed by atoms with Crippen LogP contribution in [0.2, 0.25) is 0 Å². The molecule has 18 heavy (non-hydrogen) atoms. The van der Waals surface area contributed by atoms with Crippen LogP contribution in [-0.2, 0) is 0 Å². The third kappa shape index (κ3) is 4.85. The van der Waals surface area contributed by atoms with Crippen LogP contribution in [0.4, 0.5) is 0 Å². The monoisotopic (exact) mass is 362 g/mol.